The van der Waals surface area contributed by atoms with Crippen LogP contribution in [0.5, 0.6) is 0 Å². The summed E-state index contributed by atoms with van der Waals surface area (Å²) in [5.74, 6) is 0. The normalized spacial score (nSPS) is 11.9. The van der Waals surface area contributed by atoms with E-state index >= 15 is 0 Å². The monoisotopic (exact) mass is 243 g/mol. The van der Waals surface area contributed by atoms with Crippen molar-refractivity contribution in [2.45, 2.75) is 17.8 Å². The maximum absolute atomic E-state index is 9.85. The van der Waals surface area contributed by atoms with Crippen LogP contribution in [0.4, 0.5) is 0 Å². The van der Waals surface area contributed by atoms with Gasteiger partial charge in [0, 0.05) is 0 Å². The van der Waals surface area contributed by atoms with E-state index in [1.807, 2.05) is 12.3 Å². The molecule has 0 saturated carbocycles. The summed E-state index contributed by atoms with van der Waals surface area (Å²) in [6.07, 6.45) is 0. The molecule has 1 atom stereocenters. The summed E-state index contributed by atoms with van der Waals surface area (Å²) in [7, 11) is 0. The molecule has 0 saturated heterocycles. The Morgan fingerprint density at radius 2 is 1.71 bits per heavy atom. The number of nitrogens with zero attached hydrogens (tertiary/aromatic N) is 3. The highest BCUT2D eigenvalue weighted by atomic mass is 32.2. The van der Waals surface area contributed by atoms with E-state index in [0.29, 0.717) is 17.3 Å². The Hall–Kier alpha value is -2.00. The highest BCUT2D eigenvalue weighted by molar-refractivity contribution is 8.04. The average Bonchev–Trinajstić information content (AvgIpc) is 2.36. The van der Waals surface area contributed by atoms with Crippen LogP contribution in [0.1, 0.15) is 16.4 Å². The van der Waals surface area contributed by atoms with Crippen LogP contribution in [-0.2, 0) is 0 Å². The molecule has 1 N–H and O–H groups in total. The van der Waals surface area contributed by atoms with Crippen molar-refractivity contribution in [3.63, 3.8) is 0 Å². The number of benzene rings is 1. The van der Waals surface area contributed by atoms with Gasteiger partial charge in [-0.15, -0.1) is 0 Å². The molecule has 1 aromatic carbocycles. The minimum Gasteiger partial charge on any atom is -0.363 e. The number of thioether (sulfide) groups is 1. The van der Waals surface area contributed by atoms with Gasteiger partial charge in [0.15, 0.2) is 0 Å². The van der Waals surface area contributed by atoms with E-state index in [1.54, 1.807) is 36.4 Å². The molecule has 0 heterocycles. The van der Waals surface area contributed by atoms with Crippen molar-refractivity contribution in [3.05, 3.63) is 35.4 Å². The standard InChI is InChI=1S/C12H9N3OS/c1-9-2-4-10(5-3-9)11(17-8-15)12(16,6-13)7-14/h2-5,11,16H,1H3. The number of rotatable bonds is 3. The fourth-order valence-electron chi connectivity index (χ4n) is 1.33. The Labute approximate surface area is 104 Å². The fourth-order valence-corrected chi connectivity index (χ4v) is 2.01. The molecule has 0 radical (unpaired) electrons. The molecular formula is C12H9N3OS. The molecular weight excluding hydrogens is 234 g/mol. The van der Waals surface area contributed by atoms with Gasteiger partial charge in [-0.3, -0.25) is 0 Å². The number of nitriles is 3. The molecule has 1 unspecified atom stereocenters. The maximum atomic E-state index is 9.85. The fraction of sp³-hybridized carbons (Fsp3) is 0.250. The molecule has 0 aliphatic heterocycles. The van der Waals surface area contributed by atoms with Gasteiger partial charge in [-0.25, -0.2) is 0 Å². The molecule has 0 aromatic heterocycles. The van der Waals surface area contributed by atoms with Crippen molar-refractivity contribution in [2.24, 2.45) is 0 Å². The molecule has 1 rings (SSSR count). The summed E-state index contributed by atoms with van der Waals surface area (Å²) in [6, 6.07) is 10.1. The third-order valence-corrected chi connectivity index (χ3v) is 3.23. The van der Waals surface area contributed by atoms with E-state index in [0.717, 1.165) is 5.56 Å². The highest BCUT2D eigenvalue weighted by Gasteiger charge is 2.39. The van der Waals surface area contributed by atoms with Crippen LogP contribution in [0.25, 0.3) is 0 Å². The van der Waals surface area contributed by atoms with Crippen LogP contribution in [0.15, 0.2) is 24.3 Å². The van der Waals surface area contributed by atoms with Gasteiger partial charge < -0.3 is 5.11 Å². The summed E-state index contributed by atoms with van der Waals surface area (Å²) in [6.45, 7) is 1.90. The van der Waals surface area contributed by atoms with E-state index < -0.39 is 10.9 Å². The Morgan fingerprint density at radius 1 is 1.18 bits per heavy atom. The first-order chi connectivity index (χ1) is 8.07. The Morgan fingerprint density at radius 3 is 2.12 bits per heavy atom. The van der Waals surface area contributed by atoms with Gasteiger partial charge in [-0.05, 0) is 24.2 Å². The first-order valence-electron chi connectivity index (χ1n) is 4.73. The SMILES string of the molecule is Cc1ccc(C(SC#N)C(O)(C#N)C#N)cc1. The van der Waals surface area contributed by atoms with Gasteiger partial charge in [0.2, 0.25) is 0 Å². The largest absolute Gasteiger partial charge is 0.363 e. The Kier molecular flexibility index (Phi) is 4.12. The zero-order valence-corrected chi connectivity index (χ0v) is 9.90. The minimum atomic E-state index is -2.20. The van der Waals surface area contributed by atoms with E-state index in [4.69, 9.17) is 15.8 Å². The van der Waals surface area contributed by atoms with Crippen LogP contribution in [0, 0.1) is 40.2 Å². The van der Waals surface area contributed by atoms with Crippen molar-refractivity contribution in [1.82, 2.24) is 0 Å². The number of aryl methyl sites for hydroxylation is 1. The first-order valence-corrected chi connectivity index (χ1v) is 5.61. The number of hydrogen-bond acceptors (Lipinski definition) is 5. The van der Waals surface area contributed by atoms with Crippen LogP contribution in [0.2, 0.25) is 0 Å². The quantitative estimate of drug-likeness (QED) is 0.647. The molecule has 84 valence electrons. The lowest BCUT2D eigenvalue weighted by molar-refractivity contribution is 0.155. The predicted molar refractivity (Wildman–Crippen MR) is 63.3 cm³/mol. The summed E-state index contributed by atoms with van der Waals surface area (Å²) < 4.78 is 0. The summed E-state index contributed by atoms with van der Waals surface area (Å²) in [5.41, 5.74) is -0.602. The van der Waals surface area contributed by atoms with E-state index in [2.05, 4.69) is 0 Å². The van der Waals surface area contributed by atoms with Gasteiger partial charge in [0.1, 0.15) is 22.8 Å². The van der Waals surface area contributed by atoms with Crippen LogP contribution in [0.3, 0.4) is 0 Å². The third kappa shape index (κ3) is 2.77. The van der Waals surface area contributed by atoms with E-state index in [1.165, 1.54) is 0 Å². The van der Waals surface area contributed by atoms with Crippen molar-refractivity contribution < 1.29 is 5.11 Å². The first kappa shape index (κ1) is 13.1. The van der Waals surface area contributed by atoms with Crippen LogP contribution >= 0.6 is 11.8 Å². The zero-order valence-electron chi connectivity index (χ0n) is 9.08. The van der Waals surface area contributed by atoms with E-state index in [-0.39, 0.29) is 0 Å². The molecule has 17 heavy (non-hydrogen) atoms. The molecule has 0 fully saturated rings. The number of hydrogen-bond donors (Lipinski definition) is 1. The zero-order chi connectivity index (χ0) is 12.9. The molecule has 0 bridgehead atoms. The lowest BCUT2D eigenvalue weighted by atomic mass is 9.96. The highest BCUT2D eigenvalue weighted by Crippen LogP contribution is 2.37. The van der Waals surface area contributed by atoms with Crippen LogP contribution in [-0.4, -0.2) is 10.7 Å². The van der Waals surface area contributed by atoms with Gasteiger partial charge >= 0.3 is 0 Å². The predicted octanol–water partition coefficient (Wildman–Crippen LogP) is 2.03. The lowest BCUT2D eigenvalue weighted by Gasteiger charge is -2.21. The smallest absolute Gasteiger partial charge is 0.255 e. The summed E-state index contributed by atoms with van der Waals surface area (Å²) in [4.78, 5) is 0. The van der Waals surface area contributed by atoms with E-state index in [9.17, 15) is 5.11 Å². The number of aliphatic hydroxyl groups is 1. The summed E-state index contributed by atoms with van der Waals surface area (Å²) >= 11 is 0.702. The molecule has 0 spiro atoms. The molecule has 0 aliphatic rings. The van der Waals surface area contributed by atoms with Gasteiger partial charge in [0.05, 0.1) is 0 Å². The second kappa shape index (κ2) is 5.37. The molecule has 1 aromatic rings. The topological polar surface area (TPSA) is 91.6 Å². The minimum absolute atomic E-state index is 0.577. The molecule has 0 aliphatic carbocycles. The molecule has 4 nitrogen and oxygen atoms in total. The second-order valence-electron chi connectivity index (χ2n) is 3.49. The Balaban J connectivity index is 3.21. The van der Waals surface area contributed by atoms with Crippen molar-refractivity contribution in [2.75, 3.05) is 0 Å². The van der Waals surface area contributed by atoms with Crippen LogP contribution < -0.4 is 0 Å². The maximum Gasteiger partial charge on any atom is 0.255 e. The molecule has 5 heteroatoms. The number of thiocyanates is 1. The second-order valence-corrected chi connectivity index (χ2v) is 4.38. The Bertz CT molecular complexity index is 505. The van der Waals surface area contributed by atoms with Gasteiger partial charge in [0.25, 0.3) is 5.60 Å². The summed E-state index contributed by atoms with van der Waals surface area (Å²) in [5, 5.41) is 37.2. The average molecular weight is 243 g/mol. The van der Waals surface area contributed by atoms with Crippen molar-refractivity contribution in [3.8, 4) is 17.5 Å². The van der Waals surface area contributed by atoms with Crippen molar-refractivity contribution >= 4 is 11.8 Å². The van der Waals surface area contributed by atoms with Crippen molar-refractivity contribution in [1.29, 1.82) is 15.8 Å². The third-order valence-electron chi connectivity index (χ3n) is 2.27. The van der Waals surface area contributed by atoms with Gasteiger partial charge in [-0.1, -0.05) is 29.8 Å². The van der Waals surface area contributed by atoms with Gasteiger partial charge in [-0.2, -0.15) is 15.8 Å². The molecule has 0 amide bonds. The lowest BCUT2D eigenvalue weighted by Crippen LogP contribution is -2.30.